The van der Waals surface area contributed by atoms with Gasteiger partial charge in [-0.2, -0.15) is 5.10 Å². The highest BCUT2D eigenvalue weighted by Gasteiger charge is 2.19. The molecule has 1 heterocycles. The molecule has 7 heteroatoms. The van der Waals surface area contributed by atoms with Crippen molar-refractivity contribution in [3.8, 4) is 0 Å². The predicted octanol–water partition coefficient (Wildman–Crippen LogP) is -0.743. The average Bonchev–Trinajstić information content (AvgIpc) is 2.70. The Morgan fingerprint density at radius 3 is 2.76 bits per heavy atom. The van der Waals surface area contributed by atoms with E-state index in [9.17, 15) is 9.59 Å². The maximum Gasteiger partial charge on any atom is 0.308 e. The van der Waals surface area contributed by atoms with Crippen LogP contribution in [0.1, 0.15) is 18.5 Å². The van der Waals surface area contributed by atoms with Crippen LogP contribution < -0.4 is 11.1 Å². The number of hydrogen-bond acceptors (Lipinski definition) is 4. The molecule has 2 atom stereocenters. The van der Waals surface area contributed by atoms with Gasteiger partial charge in [0.25, 0.3) is 0 Å². The lowest BCUT2D eigenvalue weighted by atomic mass is 10.1. The van der Waals surface area contributed by atoms with Crippen LogP contribution in [0.25, 0.3) is 0 Å². The van der Waals surface area contributed by atoms with Gasteiger partial charge in [-0.3, -0.25) is 14.3 Å². The molecule has 0 aliphatic carbocycles. The molecule has 0 fully saturated rings. The highest BCUT2D eigenvalue weighted by atomic mass is 16.4. The number of carbonyl (C=O) groups excluding carboxylic acids is 1. The molecule has 7 nitrogen and oxygen atoms in total. The average molecular weight is 240 g/mol. The highest BCUT2D eigenvalue weighted by Crippen LogP contribution is 2.08. The summed E-state index contributed by atoms with van der Waals surface area (Å²) in [7, 11) is 1.72. The van der Waals surface area contributed by atoms with E-state index in [0.717, 1.165) is 0 Å². The SMILES string of the molecule is CC(CNC(=O)C(N)c1cnn(C)c1)C(=O)O. The molecule has 0 aliphatic heterocycles. The number of carboxylic acid groups (broad SMARTS) is 1. The van der Waals surface area contributed by atoms with Gasteiger partial charge in [0.15, 0.2) is 0 Å². The minimum absolute atomic E-state index is 0.0577. The van der Waals surface area contributed by atoms with Crippen LogP contribution in [0.5, 0.6) is 0 Å². The monoisotopic (exact) mass is 240 g/mol. The topological polar surface area (TPSA) is 110 Å². The second-order valence-electron chi connectivity index (χ2n) is 3.91. The smallest absolute Gasteiger partial charge is 0.308 e. The van der Waals surface area contributed by atoms with Crippen LogP contribution in [0.15, 0.2) is 12.4 Å². The predicted molar refractivity (Wildman–Crippen MR) is 59.9 cm³/mol. The van der Waals surface area contributed by atoms with Crippen molar-refractivity contribution in [2.24, 2.45) is 18.7 Å². The molecule has 94 valence electrons. The van der Waals surface area contributed by atoms with Crippen LogP contribution in [0.3, 0.4) is 0 Å². The van der Waals surface area contributed by atoms with Gasteiger partial charge in [-0.05, 0) is 0 Å². The number of carbonyl (C=O) groups is 2. The van der Waals surface area contributed by atoms with Crippen LogP contribution in [0.2, 0.25) is 0 Å². The number of rotatable bonds is 5. The van der Waals surface area contributed by atoms with Gasteiger partial charge in [-0.25, -0.2) is 0 Å². The van der Waals surface area contributed by atoms with Crippen molar-refractivity contribution in [1.82, 2.24) is 15.1 Å². The minimum Gasteiger partial charge on any atom is -0.481 e. The van der Waals surface area contributed by atoms with E-state index >= 15 is 0 Å². The van der Waals surface area contributed by atoms with Crippen molar-refractivity contribution in [2.75, 3.05) is 6.54 Å². The fraction of sp³-hybridized carbons (Fsp3) is 0.500. The summed E-state index contributed by atoms with van der Waals surface area (Å²) < 4.78 is 1.54. The molecule has 17 heavy (non-hydrogen) atoms. The molecule has 2 unspecified atom stereocenters. The Kier molecular flexibility index (Phi) is 4.22. The molecular formula is C10H16N4O3. The molecule has 1 amide bonds. The summed E-state index contributed by atoms with van der Waals surface area (Å²) in [6.45, 7) is 1.57. The molecule has 0 radical (unpaired) electrons. The zero-order valence-corrected chi connectivity index (χ0v) is 9.75. The Balaban J connectivity index is 2.50. The Morgan fingerprint density at radius 2 is 2.29 bits per heavy atom. The van der Waals surface area contributed by atoms with Crippen molar-refractivity contribution >= 4 is 11.9 Å². The Bertz CT molecular complexity index is 415. The third-order valence-corrected chi connectivity index (χ3v) is 2.37. The normalized spacial score (nSPS) is 14.1. The van der Waals surface area contributed by atoms with Gasteiger partial charge in [-0.15, -0.1) is 0 Å². The molecular weight excluding hydrogens is 224 g/mol. The maximum atomic E-state index is 11.6. The molecule has 0 saturated carbocycles. The van der Waals surface area contributed by atoms with E-state index in [1.54, 1.807) is 17.9 Å². The largest absolute Gasteiger partial charge is 0.481 e. The number of nitrogens with one attached hydrogen (secondary N) is 1. The van der Waals surface area contributed by atoms with Gasteiger partial charge in [0.1, 0.15) is 6.04 Å². The van der Waals surface area contributed by atoms with Gasteiger partial charge in [-0.1, -0.05) is 6.92 Å². The van der Waals surface area contributed by atoms with Crippen LogP contribution >= 0.6 is 0 Å². The van der Waals surface area contributed by atoms with E-state index in [2.05, 4.69) is 10.4 Å². The molecule has 0 saturated heterocycles. The van der Waals surface area contributed by atoms with Gasteiger partial charge in [0.2, 0.25) is 5.91 Å². The molecule has 0 aromatic carbocycles. The zero-order chi connectivity index (χ0) is 13.0. The lowest BCUT2D eigenvalue weighted by molar-refractivity contribution is -0.141. The fourth-order valence-electron chi connectivity index (χ4n) is 1.20. The maximum absolute atomic E-state index is 11.6. The molecule has 1 aromatic heterocycles. The van der Waals surface area contributed by atoms with Gasteiger partial charge < -0.3 is 16.2 Å². The van der Waals surface area contributed by atoms with E-state index in [4.69, 9.17) is 10.8 Å². The number of carboxylic acids is 1. The van der Waals surface area contributed by atoms with E-state index in [0.29, 0.717) is 5.56 Å². The Labute approximate surface area is 98.6 Å². The Hall–Kier alpha value is -1.89. The van der Waals surface area contributed by atoms with Crippen molar-refractivity contribution in [2.45, 2.75) is 13.0 Å². The molecule has 4 N–H and O–H groups in total. The van der Waals surface area contributed by atoms with Crippen LogP contribution in [0.4, 0.5) is 0 Å². The Morgan fingerprint density at radius 1 is 1.65 bits per heavy atom. The fourth-order valence-corrected chi connectivity index (χ4v) is 1.20. The zero-order valence-electron chi connectivity index (χ0n) is 9.75. The lowest BCUT2D eigenvalue weighted by Crippen LogP contribution is -2.37. The molecule has 1 aromatic rings. The third kappa shape index (κ3) is 3.56. The summed E-state index contributed by atoms with van der Waals surface area (Å²) in [5.41, 5.74) is 6.29. The third-order valence-electron chi connectivity index (χ3n) is 2.37. The first-order chi connectivity index (χ1) is 7.91. The van der Waals surface area contributed by atoms with Gasteiger partial charge >= 0.3 is 5.97 Å². The summed E-state index contributed by atoms with van der Waals surface area (Å²) in [4.78, 5) is 22.2. The second kappa shape index (κ2) is 5.44. The quantitative estimate of drug-likeness (QED) is 0.627. The van der Waals surface area contributed by atoms with E-state index < -0.39 is 23.8 Å². The van der Waals surface area contributed by atoms with Crippen LogP contribution in [0, 0.1) is 5.92 Å². The summed E-state index contributed by atoms with van der Waals surface area (Å²) in [6.07, 6.45) is 3.15. The van der Waals surface area contributed by atoms with Gasteiger partial charge in [0, 0.05) is 25.4 Å². The number of hydrogen-bond donors (Lipinski definition) is 3. The molecule has 0 aliphatic rings. The van der Waals surface area contributed by atoms with E-state index in [1.165, 1.54) is 13.1 Å². The first-order valence-electron chi connectivity index (χ1n) is 5.16. The second-order valence-corrected chi connectivity index (χ2v) is 3.91. The van der Waals surface area contributed by atoms with Crippen LogP contribution in [-0.4, -0.2) is 33.3 Å². The number of nitrogens with two attached hydrogens (primary N) is 1. The first kappa shape index (κ1) is 13.2. The van der Waals surface area contributed by atoms with Crippen molar-refractivity contribution in [3.05, 3.63) is 18.0 Å². The number of aromatic nitrogens is 2. The summed E-state index contributed by atoms with van der Waals surface area (Å²) in [6, 6.07) is -0.829. The number of aliphatic carboxylic acids is 1. The van der Waals surface area contributed by atoms with E-state index in [1.807, 2.05) is 0 Å². The summed E-state index contributed by atoms with van der Waals surface area (Å²) in [5.74, 6) is -2.01. The number of amides is 1. The molecule has 1 rings (SSSR count). The van der Waals surface area contributed by atoms with Crippen molar-refractivity contribution in [1.29, 1.82) is 0 Å². The summed E-state index contributed by atoms with van der Waals surface area (Å²) >= 11 is 0. The summed E-state index contributed by atoms with van der Waals surface area (Å²) in [5, 5.41) is 15.1. The minimum atomic E-state index is -0.958. The lowest BCUT2D eigenvalue weighted by Gasteiger charge is -2.12. The highest BCUT2D eigenvalue weighted by molar-refractivity contribution is 5.83. The standard InChI is InChI=1S/C10H16N4O3/c1-6(10(16)17)3-12-9(15)8(11)7-4-13-14(2)5-7/h4-6,8H,3,11H2,1-2H3,(H,12,15)(H,16,17). The van der Waals surface area contributed by atoms with Gasteiger partial charge in [0.05, 0.1) is 12.1 Å². The first-order valence-corrected chi connectivity index (χ1v) is 5.16. The number of nitrogens with zero attached hydrogens (tertiary/aromatic N) is 2. The molecule has 0 spiro atoms. The number of aryl methyl sites for hydroxylation is 1. The molecule has 0 bridgehead atoms. The van der Waals surface area contributed by atoms with E-state index in [-0.39, 0.29) is 6.54 Å². The van der Waals surface area contributed by atoms with Crippen molar-refractivity contribution in [3.63, 3.8) is 0 Å². The van der Waals surface area contributed by atoms with Crippen LogP contribution in [-0.2, 0) is 16.6 Å². The van der Waals surface area contributed by atoms with Crippen molar-refractivity contribution < 1.29 is 14.7 Å².